The van der Waals surface area contributed by atoms with Crippen LogP contribution in [-0.2, 0) is 32.3 Å². The highest BCUT2D eigenvalue weighted by Crippen LogP contribution is 2.31. The Hall–Kier alpha value is -4.01. The quantitative estimate of drug-likeness (QED) is 0.549. The van der Waals surface area contributed by atoms with Gasteiger partial charge in [0.2, 0.25) is 23.6 Å². The van der Waals surface area contributed by atoms with E-state index >= 15 is 0 Å². The third-order valence-corrected chi connectivity index (χ3v) is 7.86. The van der Waals surface area contributed by atoms with Gasteiger partial charge in [0.1, 0.15) is 12.1 Å². The highest BCUT2D eigenvalue weighted by Gasteiger charge is 2.39. The molecule has 38 heavy (non-hydrogen) atoms. The second-order valence-corrected chi connectivity index (χ2v) is 10.4. The molecule has 198 valence electrons. The molecule has 0 aromatic heterocycles. The molecule has 0 bridgehead atoms. The number of nitrogens with one attached hydrogen (secondary N) is 2. The summed E-state index contributed by atoms with van der Waals surface area (Å²) in [6, 6.07) is 13.3. The molecule has 2 aromatic carbocycles. The van der Waals surface area contributed by atoms with Gasteiger partial charge in [0.05, 0.1) is 0 Å². The van der Waals surface area contributed by atoms with E-state index in [1.807, 2.05) is 36.4 Å². The molecule has 9 nitrogen and oxygen atoms in total. The number of benzene rings is 2. The lowest BCUT2D eigenvalue weighted by atomic mass is 10.0. The van der Waals surface area contributed by atoms with E-state index in [0.717, 1.165) is 42.4 Å². The van der Waals surface area contributed by atoms with Crippen molar-refractivity contribution in [3.05, 3.63) is 70.8 Å². The van der Waals surface area contributed by atoms with E-state index < -0.39 is 18.0 Å². The van der Waals surface area contributed by atoms with Gasteiger partial charge in [-0.25, -0.2) is 0 Å². The monoisotopic (exact) mass is 516 g/mol. The number of imide groups is 1. The molecule has 1 unspecified atom stereocenters. The number of fused-ring (bicyclic) bond motifs is 1. The summed E-state index contributed by atoms with van der Waals surface area (Å²) in [6.45, 7) is 0.501. The highest BCUT2D eigenvalue weighted by molar-refractivity contribution is 6.05. The lowest BCUT2D eigenvalue weighted by Gasteiger charge is -2.30. The maximum absolute atomic E-state index is 13.4. The number of carbonyl (C=O) groups is 5. The Kier molecular flexibility index (Phi) is 7.26. The Labute approximate surface area is 221 Å². The summed E-state index contributed by atoms with van der Waals surface area (Å²) in [5, 5.41) is 5.29. The predicted molar refractivity (Wildman–Crippen MR) is 138 cm³/mol. The highest BCUT2D eigenvalue weighted by atomic mass is 16.2. The van der Waals surface area contributed by atoms with Gasteiger partial charge in [0.15, 0.2) is 0 Å². The normalized spacial score (nSPS) is 20.2. The zero-order valence-corrected chi connectivity index (χ0v) is 21.4. The van der Waals surface area contributed by atoms with Gasteiger partial charge in [-0.2, -0.15) is 0 Å². The van der Waals surface area contributed by atoms with E-state index in [0.29, 0.717) is 12.0 Å². The Morgan fingerprint density at radius 1 is 1.05 bits per heavy atom. The van der Waals surface area contributed by atoms with Gasteiger partial charge < -0.3 is 15.1 Å². The van der Waals surface area contributed by atoms with Crippen molar-refractivity contribution in [3.8, 4) is 0 Å². The minimum atomic E-state index is -0.747. The van der Waals surface area contributed by atoms with E-state index in [4.69, 9.17) is 0 Å². The molecule has 2 aromatic rings. The largest absolute Gasteiger partial charge is 0.350 e. The smallest absolute Gasteiger partial charge is 0.255 e. The molecule has 3 aliphatic rings. The molecule has 0 radical (unpaired) electrons. The standard InChI is InChI=1S/C29H32N4O5/c1-32(28(37)20-9-5-6-10-20)25(19-7-3-2-4-8-19)27(36)30-16-18-11-12-22-21(15-18)17-33(29(22)38)23-13-14-24(34)31-26(23)35/h2-4,7-8,11-12,15,20,23,25H,5-6,9-10,13-14,16-17H2,1H3,(H,30,36)(H,31,34,35)/t23?,25-/m0/s1. The van der Waals surface area contributed by atoms with E-state index in [-0.39, 0.29) is 49.1 Å². The maximum atomic E-state index is 13.4. The first-order chi connectivity index (χ1) is 18.3. The fraction of sp³-hybridized carbons (Fsp3) is 0.414. The first kappa shape index (κ1) is 25.6. The first-order valence-corrected chi connectivity index (χ1v) is 13.2. The van der Waals surface area contributed by atoms with E-state index in [2.05, 4.69) is 10.6 Å². The van der Waals surface area contributed by atoms with Crippen molar-refractivity contribution in [3.63, 3.8) is 0 Å². The molecule has 1 aliphatic carbocycles. The molecule has 1 saturated heterocycles. The van der Waals surface area contributed by atoms with Crippen LogP contribution in [0, 0.1) is 5.92 Å². The molecule has 2 heterocycles. The van der Waals surface area contributed by atoms with Crippen molar-refractivity contribution >= 4 is 29.5 Å². The van der Waals surface area contributed by atoms with Crippen molar-refractivity contribution in [2.45, 2.75) is 63.7 Å². The predicted octanol–water partition coefficient (Wildman–Crippen LogP) is 2.45. The number of likely N-dealkylation sites (N-methyl/N-ethyl adjacent to an activating group) is 1. The topological polar surface area (TPSA) is 116 Å². The Morgan fingerprint density at radius 3 is 2.50 bits per heavy atom. The molecular weight excluding hydrogens is 484 g/mol. The van der Waals surface area contributed by atoms with E-state index in [9.17, 15) is 24.0 Å². The van der Waals surface area contributed by atoms with Gasteiger partial charge in [-0.3, -0.25) is 29.3 Å². The van der Waals surface area contributed by atoms with Gasteiger partial charge in [-0.1, -0.05) is 55.3 Å². The van der Waals surface area contributed by atoms with Crippen molar-refractivity contribution in [2.75, 3.05) is 7.05 Å². The Bertz CT molecular complexity index is 1270. The summed E-state index contributed by atoms with van der Waals surface area (Å²) in [6.07, 6.45) is 4.30. The van der Waals surface area contributed by atoms with Gasteiger partial charge in [-0.05, 0) is 42.0 Å². The second kappa shape index (κ2) is 10.8. The average Bonchev–Trinajstić information content (AvgIpc) is 3.56. The number of piperidine rings is 1. The summed E-state index contributed by atoms with van der Waals surface area (Å²) in [5.74, 6) is -1.32. The summed E-state index contributed by atoms with van der Waals surface area (Å²) < 4.78 is 0. The molecule has 5 amide bonds. The van der Waals surface area contributed by atoms with Crippen LogP contribution in [0.2, 0.25) is 0 Å². The zero-order valence-electron chi connectivity index (χ0n) is 21.4. The number of carbonyl (C=O) groups excluding carboxylic acids is 5. The Morgan fingerprint density at radius 2 is 1.79 bits per heavy atom. The van der Waals surface area contributed by atoms with Crippen LogP contribution in [0.5, 0.6) is 0 Å². The fourth-order valence-corrected chi connectivity index (χ4v) is 5.80. The maximum Gasteiger partial charge on any atom is 0.255 e. The summed E-state index contributed by atoms with van der Waals surface area (Å²) in [5.41, 5.74) is 2.86. The molecule has 9 heteroatoms. The van der Waals surface area contributed by atoms with Crippen LogP contribution >= 0.6 is 0 Å². The SMILES string of the molecule is CN(C(=O)C1CCCC1)[C@H](C(=O)NCc1ccc2c(c1)CN(C1CCC(=O)NC1=O)C2=O)c1ccccc1. The zero-order chi connectivity index (χ0) is 26.8. The number of rotatable bonds is 7. The minimum absolute atomic E-state index is 0.00362. The van der Waals surface area contributed by atoms with Crippen LogP contribution < -0.4 is 10.6 Å². The van der Waals surface area contributed by atoms with Crippen LogP contribution in [0.3, 0.4) is 0 Å². The van der Waals surface area contributed by atoms with Crippen LogP contribution in [0.25, 0.3) is 0 Å². The molecule has 2 atom stereocenters. The number of nitrogens with zero attached hydrogens (tertiary/aromatic N) is 2. The molecule has 5 rings (SSSR count). The van der Waals surface area contributed by atoms with Crippen molar-refractivity contribution < 1.29 is 24.0 Å². The summed E-state index contributed by atoms with van der Waals surface area (Å²) in [4.78, 5) is 66.4. The Balaban J connectivity index is 1.28. The van der Waals surface area contributed by atoms with Crippen LogP contribution in [0.15, 0.2) is 48.5 Å². The molecule has 2 aliphatic heterocycles. The minimum Gasteiger partial charge on any atom is -0.350 e. The summed E-state index contributed by atoms with van der Waals surface area (Å²) >= 11 is 0. The lowest BCUT2D eigenvalue weighted by molar-refractivity contribution is -0.142. The molecule has 0 spiro atoms. The third-order valence-electron chi connectivity index (χ3n) is 7.86. The second-order valence-electron chi connectivity index (χ2n) is 10.4. The van der Waals surface area contributed by atoms with Crippen molar-refractivity contribution in [1.29, 1.82) is 0 Å². The third kappa shape index (κ3) is 5.05. The first-order valence-electron chi connectivity index (χ1n) is 13.2. The average molecular weight is 517 g/mol. The van der Waals surface area contributed by atoms with Crippen molar-refractivity contribution in [1.82, 2.24) is 20.4 Å². The van der Waals surface area contributed by atoms with Crippen LogP contribution in [-0.4, -0.2) is 52.4 Å². The van der Waals surface area contributed by atoms with Gasteiger partial charge >= 0.3 is 0 Å². The number of hydrogen-bond donors (Lipinski definition) is 2. The van der Waals surface area contributed by atoms with Crippen molar-refractivity contribution in [2.24, 2.45) is 5.92 Å². The fourth-order valence-electron chi connectivity index (χ4n) is 5.80. The van der Waals surface area contributed by atoms with E-state index in [1.54, 1.807) is 24.1 Å². The molecule has 1 saturated carbocycles. The lowest BCUT2D eigenvalue weighted by Crippen LogP contribution is -2.52. The molecule has 2 N–H and O–H groups in total. The summed E-state index contributed by atoms with van der Waals surface area (Å²) in [7, 11) is 1.70. The van der Waals surface area contributed by atoms with E-state index in [1.165, 1.54) is 4.90 Å². The molecule has 2 fully saturated rings. The number of hydrogen-bond acceptors (Lipinski definition) is 5. The number of amides is 5. The van der Waals surface area contributed by atoms with Gasteiger partial charge in [-0.15, -0.1) is 0 Å². The van der Waals surface area contributed by atoms with Gasteiger partial charge in [0, 0.05) is 38.0 Å². The van der Waals surface area contributed by atoms with Gasteiger partial charge in [0.25, 0.3) is 5.91 Å². The van der Waals surface area contributed by atoms with Crippen LogP contribution in [0.4, 0.5) is 0 Å². The molecular formula is C29H32N4O5. The van der Waals surface area contributed by atoms with Crippen LogP contribution in [0.1, 0.15) is 71.6 Å².